The molecule has 0 aliphatic rings. The maximum Gasteiger partial charge on any atom is 0.403 e. The molecule has 0 fully saturated rings. The molecule has 62 valence electrons. The number of allylic oxidation sites excluding steroid dienone is 1. The van der Waals surface area contributed by atoms with Gasteiger partial charge in [-0.1, -0.05) is 12.7 Å². The summed E-state index contributed by atoms with van der Waals surface area (Å²) in [6.07, 6.45) is 2.16. The molecule has 0 aromatic heterocycles. The van der Waals surface area contributed by atoms with Gasteiger partial charge in [0.2, 0.25) is 0 Å². The number of hydrogen-bond donors (Lipinski definition) is 1. The summed E-state index contributed by atoms with van der Waals surface area (Å²) in [6, 6.07) is 0. The molecule has 1 unspecified atom stereocenters. The van der Waals surface area contributed by atoms with Crippen molar-refractivity contribution in [2.24, 2.45) is 0 Å². The van der Waals surface area contributed by atoms with E-state index in [0.717, 1.165) is 11.9 Å². The van der Waals surface area contributed by atoms with Gasteiger partial charge in [-0.3, -0.25) is 0 Å². The molecule has 0 aromatic carbocycles. The van der Waals surface area contributed by atoms with Crippen LogP contribution >= 0.6 is 7.60 Å². The third-order valence-corrected chi connectivity index (χ3v) is 1.84. The topological polar surface area (TPSA) is 63.6 Å². The highest BCUT2D eigenvalue weighted by atomic mass is 31.2. The van der Waals surface area contributed by atoms with Crippen molar-refractivity contribution < 1.29 is 18.8 Å². The second-order valence-electron chi connectivity index (χ2n) is 1.66. The van der Waals surface area contributed by atoms with Crippen LogP contribution in [0.2, 0.25) is 0 Å². The summed E-state index contributed by atoms with van der Waals surface area (Å²) in [5.41, 5.74) is 0. The van der Waals surface area contributed by atoms with E-state index in [2.05, 4.69) is 11.1 Å². The monoisotopic (exact) mass is 176 g/mol. The Morgan fingerprint density at radius 3 is 2.64 bits per heavy atom. The highest BCUT2D eigenvalue weighted by Gasteiger charge is 2.17. The maximum atomic E-state index is 10.8. The van der Waals surface area contributed by atoms with Gasteiger partial charge in [0.1, 0.15) is 0 Å². The first kappa shape index (κ1) is 10.1. The molecule has 0 aliphatic heterocycles. The second-order valence-corrected chi connectivity index (χ2v) is 3.27. The van der Waals surface area contributed by atoms with Crippen molar-refractivity contribution in [3.63, 3.8) is 0 Å². The summed E-state index contributed by atoms with van der Waals surface area (Å²) in [6.45, 7) is 4.62. The van der Waals surface area contributed by atoms with E-state index >= 15 is 0 Å². The molecule has 11 heavy (non-hydrogen) atoms. The van der Waals surface area contributed by atoms with Gasteiger partial charge in [0, 0.05) is 11.9 Å². The Morgan fingerprint density at radius 1 is 1.73 bits per heavy atom. The molecule has 0 heterocycles. The normalized spacial score (nSPS) is 15.8. The van der Waals surface area contributed by atoms with Crippen LogP contribution in [-0.4, -0.2) is 10.9 Å². The van der Waals surface area contributed by atoms with Gasteiger partial charge >= 0.3 is 13.6 Å². The van der Waals surface area contributed by atoms with Gasteiger partial charge in [-0.05, 0) is 6.92 Å². The van der Waals surface area contributed by atoms with Crippen LogP contribution in [0.4, 0.5) is 0 Å². The van der Waals surface area contributed by atoms with E-state index in [1.54, 1.807) is 6.92 Å². The molecule has 5 heteroatoms. The fraction of sp³-hybridized carbons (Fsp3) is 0.167. The zero-order chi connectivity index (χ0) is 8.91. The Morgan fingerprint density at radius 2 is 2.27 bits per heavy atom. The first-order valence-electron chi connectivity index (χ1n) is 2.84. The summed E-state index contributed by atoms with van der Waals surface area (Å²) in [5.74, 6) is 0.0166. The summed E-state index contributed by atoms with van der Waals surface area (Å²) >= 11 is 0. The Bertz CT molecular complexity index is 231. The van der Waals surface area contributed by atoms with Gasteiger partial charge in [-0.25, -0.2) is 9.36 Å². The van der Waals surface area contributed by atoms with Crippen molar-refractivity contribution in [3.8, 4) is 0 Å². The highest BCUT2D eigenvalue weighted by molar-refractivity contribution is 7.56. The van der Waals surface area contributed by atoms with Crippen molar-refractivity contribution in [2.75, 3.05) is 0 Å². The number of carbonyl (C=O) groups is 1. The molecular formula is C6H9O4P. The summed E-state index contributed by atoms with van der Waals surface area (Å²) in [4.78, 5) is 19.2. The molecule has 0 rings (SSSR count). The van der Waals surface area contributed by atoms with Gasteiger partial charge < -0.3 is 9.42 Å². The average Bonchev–Trinajstić information content (AvgIpc) is 1.86. The summed E-state index contributed by atoms with van der Waals surface area (Å²) in [7, 11) is -3.87. The minimum absolute atomic E-state index is 0.826. The smallest absolute Gasteiger partial charge is 0.386 e. The van der Waals surface area contributed by atoms with Crippen LogP contribution in [0.25, 0.3) is 0 Å². The standard InChI is InChI=1S/C6H9O4P/c1-3-5-11(8,9)10-6(7)4-2/h3-5H,2H2,1H3,(H,8,9). The molecule has 1 N–H and O–H groups in total. The molecule has 0 amide bonds. The number of hydrogen-bond acceptors (Lipinski definition) is 3. The molecule has 1 atom stereocenters. The van der Waals surface area contributed by atoms with Crippen LogP contribution in [-0.2, 0) is 13.9 Å². The minimum atomic E-state index is -3.87. The lowest BCUT2D eigenvalue weighted by Gasteiger charge is -2.03. The third kappa shape index (κ3) is 4.53. The van der Waals surface area contributed by atoms with Crippen molar-refractivity contribution in [2.45, 2.75) is 6.92 Å². The first-order chi connectivity index (χ1) is 5.02. The van der Waals surface area contributed by atoms with E-state index in [9.17, 15) is 9.36 Å². The summed E-state index contributed by atoms with van der Waals surface area (Å²) in [5, 5.41) is 0. The Labute approximate surface area is 64.7 Å². The predicted octanol–water partition coefficient (Wildman–Crippen LogP) is 1.43. The number of rotatable bonds is 3. The van der Waals surface area contributed by atoms with Crippen LogP contribution in [0, 0.1) is 0 Å². The van der Waals surface area contributed by atoms with E-state index in [-0.39, 0.29) is 0 Å². The molecule has 0 saturated heterocycles. The van der Waals surface area contributed by atoms with Crippen molar-refractivity contribution in [3.05, 3.63) is 24.5 Å². The van der Waals surface area contributed by atoms with Crippen LogP contribution in [0.1, 0.15) is 6.92 Å². The predicted molar refractivity (Wildman–Crippen MR) is 40.9 cm³/mol. The zero-order valence-corrected chi connectivity index (χ0v) is 6.95. The molecule has 0 radical (unpaired) electrons. The third-order valence-electron chi connectivity index (χ3n) is 0.725. The molecular weight excluding hydrogens is 167 g/mol. The fourth-order valence-electron chi connectivity index (χ4n) is 0.385. The van der Waals surface area contributed by atoms with Crippen LogP contribution in [0.3, 0.4) is 0 Å². The van der Waals surface area contributed by atoms with Crippen LogP contribution in [0.5, 0.6) is 0 Å². The fourth-order valence-corrected chi connectivity index (χ4v) is 1.15. The maximum absolute atomic E-state index is 10.8. The van der Waals surface area contributed by atoms with E-state index in [4.69, 9.17) is 4.89 Å². The zero-order valence-electron chi connectivity index (χ0n) is 6.06. The highest BCUT2D eigenvalue weighted by Crippen LogP contribution is 2.43. The lowest BCUT2D eigenvalue weighted by atomic mass is 10.7. The van der Waals surface area contributed by atoms with Crippen LogP contribution in [0.15, 0.2) is 24.5 Å². The average molecular weight is 176 g/mol. The Kier molecular flexibility index (Phi) is 3.79. The quantitative estimate of drug-likeness (QED) is 0.521. The van der Waals surface area contributed by atoms with E-state index in [1.807, 2.05) is 0 Å². The van der Waals surface area contributed by atoms with Gasteiger partial charge in [0.05, 0.1) is 0 Å². The van der Waals surface area contributed by atoms with Gasteiger partial charge in [0.15, 0.2) is 0 Å². The minimum Gasteiger partial charge on any atom is -0.386 e. The lowest BCUT2D eigenvalue weighted by molar-refractivity contribution is -0.129. The Hall–Kier alpha value is -0.860. The van der Waals surface area contributed by atoms with Gasteiger partial charge in [0.25, 0.3) is 0 Å². The molecule has 0 aliphatic carbocycles. The van der Waals surface area contributed by atoms with Crippen molar-refractivity contribution in [1.29, 1.82) is 0 Å². The SMILES string of the molecule is C=CC(=O)OP(=O)(O)C=CC. The van der Waals surface area contributed by atoms with Gasteiger partial charge in [-0.2, -0.15) is 0 Å². The molecule has 0 bridgehead atoms. The first-order valence-corrected chi connectivity index (χ1v) is 4.49. The van der Waals surface area contributed by atoms with Crippen LogP contribution < -0.4 is 0 Å². The van der Waals surface area contributed by atoms with E-state index < -0.39 is 13.6 Å². The van der Waals surface area contributed by atoms with Crippen molar-refractivity contribution in [1.82, 2.24) is 0 Å². The lowest BCUT2D eigenvalue weighted by Crippen LogP contribution is -1.95. The number of carbonyl (C=O) groups excluding carboxylic acids is 1. The molecule has 0 spiro atoms. The van der Waals surface area contributed by atoms with Gasteiger partial charge in [-0.15, -0.1) is 0 Å². The van der Waals surface area contributed by atoms with E-state index in [1.165, 1.54) is 6.08 Å². The molecule has 4 nitrogen and oxygen atoms in total. The summed E-state index contributed by atoms with van der Waals surface area (Å²) < 4.78 is 14.9. The second kappa shape index (κ2) is 4.11. The Balaban J connectivity index is 4.24. The largest absolute Gasteiger partial charge is 0.403 e. The van der Waals surface area contributed by atoms with E-state index in [0.29, 0.717) is 0 Å². The molecule has 0 aromatic rings. The van der Waals surface area contributed by atoms with Crippen molar-refractivity contribution >= 4 is 13.6 Å². The molecule has 0 saturated carbocycles.